The molecule has 1 aromatic carbocycles. The number of ether oxygens (including phenoxy) is 1. The molecule has 0 bridgehead atoms. The zero-order valence-electron chi connectivity index (χ0n) is 12.3. The highest BCUT2D eigenvalue weighted by atomic mass is 32.2. The minimum absolute atomic E-state index is 0.0196. The summed E-state index contributed by atoms with van der Waals surface area (Å²) in [5.74, 6) is -0.0359. The fraction of sp³-hybridized carbons (Fsp3) is 0.462. The van der Waals surface area contributed by atoms with Gasteiger partial charge in [0.2, 0.25) is 10.0 Å². The molecule has 2 N–H and O–H groups in total. The van der Waals surface area contributed by atoms with Crippen LogP contribution in [0.1, 0.15) is 16.8 Å². The molecule has 0 aliphatic carbocycles. The van der Waals surface area contributed by atoms with Crippen molar-refractivity contribution >= 4 is 21.6 Å². The molecule has 0 radical (unpaired) electrons. The summed E-state index contributed by atoms with van der Waals surface area (Å²) in [4.78, 5) is 12.1. The minimum Gasteiger partial charge on any atom is -0.496 e. The zero-order chi connectivity index (χ0) is 16.0. The SMILES string of the molecule is COc1ccc(N(C)S(C)(=O)=O)cc1C(=O)NCCCO. The van der Waals surface area contributed by atoms with Gasteiger partial charge in [0, 0.05) is 20.2 Å². The molecule has 0 unspecified atom stereocenters. The van der Waals surface area contributed by atoms with Crippen LogP contribution in [-0.4, -0.2) is 53.0 Å². The molecule has 0 saturated carbocycles. The molecule has 0 aliphatic rings. The summed E-state index contributed by atoms with van der Waals surface area (Å²) in [5.41, 5.74) is 0.606. The van der Waals surface area contributed by atoms with Gasteiger partial charge in [-0.25, -0.2) is 8.42 Å². The summed E-state index contributed by atoms with van der Waals surface area (Å²) >= 11 is 0. The normalized spacial score (nSPS) is 11.0. The average Bonchev–Trinajstić information content (AvgIpc) is 2.45. The number of carbonyl (C=O) groups is 1. The molecule has 8 heteroatoms. The van der Waals surface area contributed by atoms with E-state index in [1.807, 2.05) is 0 Å². The van der Waals surface area contributed by atoms with Crippen LogP contribution in [0.25, 0.3) is 0 Å². The summed E-state index contributed by atoms with van der Waals surface area (Å²) in [5, 5.41) is 11.3. The van der Waals surface area contributed by atoms with Gasteiger partial charge in [-0.1, -0.05) is 0 Å². The number of methoxy groups -OCH3 is 1. The number of benzene rings is 1. The predicted molar refractivity (Wildman–Crippen MR) is 80.3 cm³/mol. The van der Waals surface area contributed by atoms with Crippen molar-refractivity contribution in [1.29, 1.82) is 0 Å². The highest BCUT2D eigenvalue weighted by Crippen LogP contribution is 2.25. The van der Waals surface area contributed by atoms with Crippen LogP contribution in [0.15, 0.2) is 18.2 Å². The molecular weight excluding hydrogens is 296 g/mol. The second kappa shape index (κ2) is 7.28. The van der Waals surface area contributed by atoms with Crippen molar-refractivity contribution < 1.29 is 23.1 Å². The molecule has 118 valence electrons. The number of carbonyl (C=O) groups excluding carboxylic acids is 1. The second-order valence-corrected chi connectivity index (χ2v) is 6.46. The van der Waals surface area contributed by atoms with E-state index in [1.54, 1.807) is 6.07 Å². The molecular formula is C13H20N2O5S. The van der Waals surface area contributed by atoms with Crippen LogP contribution in [0.5, 0.6) is 5.75 Å². The fourth-order valence-corrected chi connectivity index (χ4v) is 2.13. The van der Waals surface area contributed by atoms with Gasteiger partial charge >= 0.3 is 0 Å². The smallest absolute Gasteiger partial charge is 0.255 e. The second-order valence-electron chi connectivity index (χ2n) is 4.45. The maximum atomic E-state index is 12.1. The number of nitrogens with zero attached hydrogens (tertiary/aromatic N) is 1. The summed E-state index contributed by atoms with van der Waals surface area (Å²) in [6.07, 6.45) is 1.52. The summed E-state index contributed by atoms with van der Waals surface area (Å²) in [7, 11) is -0.573. The molecule has 0 saturated heterocycles. The lowest BCUT2D eigenvalue weighted by Gasteiger charge is -2.18. The first-order valence-corrected chi connectivity index (χ1v) is 8.17. The van der Waals surface area contributed by atoms with Gasteiger partial charge in [-0.15, -0.1) is 0 Å². The lowest BCUT2D eigenvalue weighted by molar-refractivity contribution is 0.0948. The van der Waals surface area contributed by atoms with Crippen LogP contribution in [0.4, 0.5) is 5.69 Å². The van der Waals surface area contributed by atoms with Crippen LogP contribution >= 0.6 is 0 Å². The van der Waals surface area contributed by atoms with E-state index in [1.165, 1.54) is 26.3 Å². The van der Waals surface area contributed by atoms with Crippen LogP contribution < -0.4 is 14.4 Å². The van der Waals surface area contributed by atoms with Gasteiger partial charge in [-0.05, 0) is 24.6 Å². The average molecular weight is 316 g/mol. The molecule has 0 aliphatic heterocycles. The highest BCUT2D eigenvalue weighted by molar-refractivity contribution is 7.92. The first-order chi connectivity index (χ1) is 9.81. The van der Waals surface area contributed by atoms with E-state index < -0.39 is 10.0 Å². The van der Waals surface area contributed by atoms with E-state index in [0.29, 0.717) is 24.4 Å². The quantitative estimate of drug-likeness (QED) is 0.701. The van der Waals surface area contributed by atoms with Crippen molar-refractivity contribution in [2.24, 2.45) is 0 Å². The van der Waals surface area contributed by atoms with Crippen LogP contribution in [-0.2, 0) is 10.0 Å². The van der Waals surface area contributed by atoms with Gasteiger partial charge in [-0.2, -0.15) is 0 Å². The maximum absolute atomic E-state index is 12.1. The van der Waals surface area contributed by atoms with E-state index >= 15 is 0 Å². The topological polar surface area (TPSA) is 95.9 Å². The van der Waals surface area contributed by atoms with Crippen molar-refractivity contribution in [2.45, 2.75) is 6.42 Å². The Hall–Kier alpha value is -1.80. The van der Waals surface area contributed by atoms with E-state index in [0.717, 1.165) is 10.6 Å². The van der Waals surface area contributed by atoms with E-state index in [-0.39, 0.29) is 18.1 Å². The van der Waals surface area contributed by atoms with Crippen molar-refractivity contribution in [2.75, 3.05) is 37.9 Å². The van der Waals surface area contributed by atoms with Gasteiger partial charge in [0.15, 0.2) is 0 Å². The van der Waals surface area contributed by atoms with E-state index in [9.17, 15) is 13.2 Å². The van der Waals surface area contributed by atoms with Crippen LogP contribution in [0.2, 0.25) is 0 Å². The van der Waals surface area contributed by atoms with Crippen molar-refractivity contribution in [3.8, 4) is 5.75 Å². The third kappa shape index (κ3) is 4.61. The Morgan fingerprint density at radius 2 is 2.10 bits per heavy atom. The Labute approximate surface area is 124 Å². The van der Waals surface area contributed by atoms with Crippen molar-refractivity contribution in [3.05, 3.63) is 23.8 Å². The molecule has 0 atom stereocenters. The standard InChI is InChI=1S/C13H20N2O5S/c1-15(21(3,18)19)10-5-6-12(20-2)11(9-10)13(17)14-7-4-8-16/h5-6,9,16H,4,7-8H2,1-3H3,(H,14,17). The van der Waals surface area contributed by atoms with Gasteiger partial charge < -0.3 is 15.2 Å². The Bertz CT molecular complexity index is 601. The largest absolute Gasteiger partial charge is 0.496 e. The number of hydrogen-bond donors (Lipinski definition) is 2. The molecule has 1 amide bonds. The first kappa shape index (κ1) is 17.3. The Morgan fingerprint density at radius 1 is 1.43 bits per heavy atom. The lowest BCUT2D eigenvalue weighted by atomic mass is 10.1. The third-order valence-electron chi connectivity index (χ3n) is 2.91. The third-order valence-corrected chi connectivity index (χ3v) is 4.11. The molecule has 0 aromatic heterocycles. The van der Waals surface area contributed by atoms with Crippen molar-refractivity contribution in [3.63, 3.8) is 0 Å². The van der Waals surface area contributed by atoms with Gasteiger partial charge in [0.25, 0.3) is 5.91 Å². The van der Waals surface area contributed by atoms with Gasteiger partial charge in [0.1, 0.15) is 5.75 Å². The highest BCUT2D eigenvalue weighted by Gasteiger charge is 2.17. The lowest BCUT2D eigenvalue weighted by Crippen LogP contribution is -2.27. The Morgan fingerprint density at radius 3 is 2.62 bits per heavy atom. The van der Waals surface area contributed by atoms with E-state index in [4.69, 9.17) is 9.84 Å². The summed E-state index contributed by atoms with van der Waals surface area (Å²) < 4.78 is 29.3. The fourth-order valence-electron chi connectivity index (χ4n) is 1.64. The molecule has 0 spiro atoms. The number of rotatable bonds is 7. The summed E-state index contributed by atoms with van der Waals surface area (Å²) in [6, 6.07) is 4.55. The first-order valence-electron chi connectivity index (χ1n) is 6.32. The number of aliphatic hydroxyl groups is 1. The molecule has 1 aromatic rings. The van der Waals surface area contributed by atoms with Gasteiger partial charge in [0.05, 0.1) is 24.6 Å². The molecule has 21 heavy (non-hydrogen) atoms. The molecule has 0 heterocycles. The van der Waals surface area contributed by atoms with E-state index in [2.05, 4.69) is 5.32 Å². The van der Waals surface area contributed by atoms with Crippen LogP contribution in [0, 0.1) is 0 Å². The molecule has 0 fully saturated rings. The number of anilines is 1. The zero-order valence-corrected chi connectivity index (χ0v) is 13.1. The monoisotopic (exact) mass is 316 g/mol. The Kier molecular flexibility index (Phi) is 5.98. The number of nitrogens with one attached hydrogen (secondary N) is 1. The number of hydrogen-bond acceptors (Lipinski definition) is 5. The number of amides is 1. The maximum Gasteiger partial charge on any atom is 0.255 e. The minimum atomic E-state index is -3.41. The van der Waals surface area contributed by atoms with Gasteiger partial charge in [-0.3, -0.25) is 9.10 Å². The number of sulfonamides is 1. The Balaban J connectivity index is 3.09. The van der Waals surface area contributed by atoms with Crippen LogP contribution in [0.3, 0.4) is 0 Å². The van der Waals surface area contributed by atoms with Crippen molar-refractivity contribution in [1.82, 2.24) is 5.32 Å². The summed E-state index contributed by atoms with van der Waals surface area (Å²) in [6.45, 7) is 0.304. The molecule has 7 nitrogen and oxygen atoms in total. The number of aliphatic hydroxyl groups excluding tert-OH is 1. The predicted octanol–water partition coefficient (Wildman–Crippen LogP) is 0.203. The molecule has 1 rings (SSSR count).